The molecule has 0 aromatic carbocycles. The average Bonchev–Trinajstić information content (AvgIpc) is 2.75. The number of hydrogen-bond acceptors (Lipinski definition) is 3. The van der Waals surface area contributed by atoms with Crippen LogP contribution in [0.3, 0.4) is 0 Å². The topological polar surface area (TPSA) is 69.7 Å². The minimum atomic E-state index is -0.750. The lowest BCUT2D eigenvalue weighted by Crippen LogP contribution is -2.50. The minimum Gasteiger partial charge on any atom is -0.341 e. The Hall–Kier alpha value is -1.59. The summed E-state index contributed by atoms with van der Waals surface area (Å²) in [6, 6.07) is -0.400. The number of nitrogens with one attached hydrogen (secondary N) is 1. The van der Waals surface area contributed by atoms with Crippen LogP contribution in [0, 0.1) is 11.8 Å². The molecular formula is C17H27N3O3. The Morgan fingerprint density at radius 1 is 1.09 bits per heavy atom. The maximum absolute atomic E-state index is 12.7. The molecule has 1 saturated carbocycles. The van der Waals surface area contributed by atoms with Gasteiger partial charge in [0.2, 0.25) is 5.91 Å². The van der Waals surface area contributed by atoms with Crippen LogP contribution in [0.4, 0.5) is 4.79 Å². The molecule has 3 rings (SSSR count). The van der Waals surface area contributed by atoms with Gasteiger partial charge in [0.15, 0.2) is 0 Å². The number of likely N-dealkylation sites (tertiary alicyclic amines) is 1. The number of carbonyl (C=O) groups excluding carboxylic acids is 3. The lowest BCUT2D eigenvalue weighted by Gasteiger charge is -2.34. The Labute approximate surface area is 137 Å². The monoisotopic (exact) mass is 321 g/mol. The van der Waals surface area contributed by atoms with Crippen LogP contribution in [0.15, 0.2) is 0 Å². The largest absolute Gasteiger partial charge is 0.341 e. The molecule has 6 heteroatoms. The summed E-state index contributed by atoms with van der Waals surface area (Å²) in [5.74, 6) is 0.925. The standard InChI is InChI=1S/C17H27N3O3/c1-12-3-7-17(8-4-12)15(22)20(16(23)18-17)11-14(21)19-9-5-13(2)6-10-19/h12-13H,3-11H2,1-2H3,(H,18,23). The molecule has 6 nitrogen and oxygen atoms in total. The zero-order valence-corrected chi connectivity index (χ0v) is 14.1. The summed E-state index contributed by atoms with van der Waals surface area (Å²) >= 11 is 0. The van der Waals surface area contributed by atoms with Crippen molar-refractivity contribution >= 4 is 17.8 Å². The van der Waals surface area contributed by atoms with Gasteiger partial charge in [0, 0.05) is 13.1 Å². The van der Waals surface area contributed by atoms with E-state index in [2.05, 4.69) is 19.2 Å². The quantitative estimate of drug-likeness (QED) is 0.788. The lowest BCUT2D eigenvalue weighted by atomic mass is 9.77. The fourth-order valence-electron chi connectivity index (χ4n) is 3.91. The molecule has 1 aliphatic carbocycles. The number of rotatable bonds is 2. The molecule has 2 heterocycles. The van der Waals surface area contributed by atoms with E-state index >= 15 is 0 Å². The third-order valence-electron chi connectivity index (χ3n) is 5.80. The van der Waals surface area contributed by atoms with Gasteiger partial charge in [-0.25, -0.2) is 4.79 Å². The van der Waals surface area contributed by atoms with Crippen molar-refractivity contribution in [2.24, 2.45) is 11.8 Å². The van der Waals surface area contributed by atoms with Crippen molar-refractivity contribution in [3.8, 4) is 0 Å². The van der Waals surface area contributed by atoms with E-state index < -0.39 is 11.6 Å². The Balaban J connectivity index is 1.63. The molecular weight excluding hydrogens is 294 g/mol. The summed E-state index contributed by atoms with van der Waals surface area (Å²) in [5.41, 5.74) is -0.750. The predicted octanol–water partition coefficient (Wildman–Crippen LogP) is 1.75. The van der Waals surface area contributed by atoms with E-state index in [0.717, 1.165) is 43.7 Å². The van der Waals surface area contributed by atoms with Crippen molar-refractivity contribution in [1.29, 1.82) is 0 Å². The van der Waals surface area contributed by atoms with Crippen LogP contribution in [0.25, 0.3) is 0 Å². The highest BCUT2D eigenvalue weighted by Gasteiger charge is 2.52. The van der Waals surface area contributed by atoms with Crippen LogP contribution >= 0.6 is 0 Å². The predicted molar refractivity (Wildman–Crippen MR) is 85.6 cm³/mol. The highest BCUT2D eigenvalue weighted by atomic mass is 16.2. The summed E-state index contributed by atoms with van der Waals surface area (Å²) in [5, 5.41) is 2.87. The van der Waals surface area contributed by atoms with E-state index in [-0.39, 0.29) is 18.4 Å². The summed E-state index contributed by atoms with van der Waals surface area (Å²) < 4.78 is 0. The van der Waals surface area contributed by atoms with Crippen molar-refractivity contribution in [2.75, 3.05) is 19.6 Å². The zero-order chi connectivity index (χ0) is 16.6. The van der Waals surface area contributed by atoms with Crippen molar-refractivity contribution < 1.29 is 14.4 Å². The molecule has 0 radical (unpaired) electrons. The van der Waals surface area contributed by atoms with Gasteiger partial charge in [-0.05, 0) is 50.4 Å². The second kappa shape index (κ2) is 6.13. The molecule has 0 bridgehead atoms. The molecule has 4 amide bonds. The van der Waals surface area contributed by atoms with Gasteiger partial charge in [0.25, 0.3) is 5.91 Å². The second-order valence-corrected chi connectivity index (χ2v) is 7.65. The van der Waals surface area contributed by atoms with Gasteiger partial charge in [0.05, 0.1) is 0 Å². The number of piperidine rings is 1. The van der Waals surface area contributed by atoms with E-state index in [1.807, 2.05) is 0 Å². The maximum Gasteiger partial charge on any atom is 0.325 e. The van der Waals surface area contributed by atoms with Gasteiger partial charge in [-0.1, -0.05) is 13.8 Å². The average molecular weight is 321 g/mol. The molecule has 0 aromatic rings. The van der Waals surface area contributed by atoms with Crippen LogP contribution in [0.5, 0.6) is 0 Å². The van der Waals surface area contributed by atoms with Gasteiger partial charge >= 0.3 is 6.03 Å². The van der Waals surface area contributed by atoms with Gasteiger partial charge in [-0.2, -0.15) is 0 Å². The SMILES string of the molecule is CC1CCN(C(=O)CN2C(=O)NC3(CCC(C)CC3)C2=O)CC1. The molecule has 2 saturated heterocycles. The first-order valence-electron chi connectivity index (χ1n) is 8.83. The van der Waals surface area contributed by atoms with Crippen molar-refractivity contribution in [3.05, 3.63) is 0 Å². The van der Waals surface area contributed by atoms with Crippen LogP contribution in [0.2, 0.25) is 0 Å². The molecule has 0 atom stereocenters. The normalized spacial score (nSPS) is 32.5. The third kappa shape index (κ3) is 3.08. The summed E-state index contributed by atoms with van der Waals surface area (Å²) in [4.78, 5) is 40.3. The Morgan fingerprint density at radius 2 is 1.65 bits per heavy atom. The zero-order valence-electron chi connectivity index (χ0n) is 14.1. The molecule has 128 valence electrons. The van der Waals surface area contributed by atoms with Crippen molar-refractivity contribution in [2.45, 2.75) is 57.9 Å². The van der Waals surface area contributed by atoms with E-state index in [9.17, 15) is 14.4 Å². The number of urea groups is 1. The molecule has 0 unspecified atom stereocenters. The van der Waals surface area contributed by atoms with Crippen molar-refractivity contribution in [3.63, 3.8) is 0 Å². The maximum atomic E-state index is 12.7. The number of imide groups is 1. The summed E-state index contributed by atoms with van der Waals surface area (Å²) in [7, 11) is 0. The first-order chi connectivity index (χ1) is 10.9. The molecule has 23 heavy (non-hydrogen) atoms. The molecule has 2 aliphatic heterocycles. The highest BCUT2D eigenvalue weighted by molar-refractivity contribution is 6.09. The number of carbonyl (C=O) groups is 3. The van der Waals surface area contributed by atoms with Crippen LogP contribution in [-0.4, -0.2) is 52.8 Å². The van der Waals surface area contributed by atoms with Crippen molar-refractivity contribution in [1.82, 2.24) is 15.1 Å². The first-order valence-corrected chi connectivity index (χ1v) is 8.83. The van der Waals surface area contributed by atoms with Crippen LogP contribution in [-0.2, 0) is 9.59 Å². The molecule has 3 aliphatic rings. The Kier molecular flexibility index (Phi) is 4.34. The smallest absolute Gasteiger partial charge is 0.325 e. The van der Waals surface area contributed by atoms with E-state index in [0.29, 0.717) is 24.7 Å². The molecule has 0 aromatic heterocycles. The van der Waals surface area contributed by atoms with E-state index in [1.54, 1.807) is 4.90 Å². The lowest BCUT2D eigenvalue weighted by molar-refractivity contribution is -0.140. The van der Waals surface area contributed by atoms with Gasteiger partial charge < -0.3 is 10.2 Å². The van der Waals surface area contributed by atoms with E-state index in [1.165, 1.54) is 0 Å². The van der Waals surface area contributed by atoms with E-state index in [4.69, 9.17) is 0 Å². The minimum absolute atomic E-state index is 0.110. The fraction of sp³-hybridized carbons (Fsp3) is 0.824. The molecule has 1 spiro atoms. The Bertz CT molecular complexity index is 503. The third-order valence-corrected chi connectivity index (χ3v) is 5.80. The molecule has 3 fully saturated rings. The second-order valence-electron chi connectivity index (χ2n) is 7.65. The highest BCUT2D eigenvalue weighted by Crippen LogP contribution is 2.36. The van der Waals surface area contributed by atoms with Crippen LogP contribution in [0.1, 0.15) is 52.4 Å². The van der Waals surface area contributed by atoms with Gasteiger partial charge in [0.1, 0.15) is 12.1 Å². The van der Waals surface area contributed by atoms with Gasteiger partial charge in [-0.3, -0.25) is 14.5 Å². The molecule has 1 N–H and O–H groups in total. The van der Waals surface area contributed by atoms with Gasteiger partial charge in [-0.15, -0.1) is 0 Å². The fourth-order valence-corrected chi connectivity index (χ4v) is 3.91. The number of nitrogens with zero attached hydrogens (tertiary/aromatic N) is 2. The summed E-state index contributed by atoms with van der Waals surface area (Å²) in [6.45, 7) is 5.70. The number of hydrogen-bond donors (Lipinski definition) is 1. The number of amides is 4. The first kappa shape index (κ1) is 16.3. The summed E-state index contributed by atoms with van der Waals surface area (Å²) in [6.07, 6.45) is 5.24. The van der Waals surface area contributed by atoms with Crippen LogP contribution < -0.4 is 5.32 Å². The Morgan fingerprint density at radius 3 is 2.26 bits per heavy atom.